The van der Waals surface area contributed by atoms with Crippen LogP contribution in [0.2, 0.25) is 0 Å². The Morgan fingerprint density at radius 1 is 1.18 bits per heavy atom. The molecule has 0 bridgehead atoms. The number of nitrogens with one attached hydrogen (secondary N) is 1. The maximum absolute atomic E-state index is 13.5. The van der Waals surface area contributed by atoms with E-state index in [2.05, 4.69) is 15.3 Å². The quantitative estimate of drug-likeness (QED) is 0.863. The number of hydrogen-bond acceptors (Lipinski definition) is 3. The molecule has 0 aliphatic heterocycles. The molecule has 0 aliphatic rings. The van der Waals surface area contributed by atoms with Crippen molar-refractivity contribution < 1.29 is 4.39 Å². The molecule has 88 valence electrons. The summed E-state index contributed by atoms with van der Waals surface area (Å²) in [5.74, 6) is 0.327. The summed E-state index contributed by atoms with van der Waals surface area (Å²) in [6.45, 7) is 3.64. The van der Waals surface area contributed by atoms with Gasteiger partial charge >= 0.3 is 0 Å². The highest BCUT2D eigenvalue weighted by Gasteiger charge is 2.09. The molecule has 0 saturated carbocycles. The molecular weight excluding hydrogens is 217 g/mol. The first kappa shape index (κ1) is 11.5. The third-order valence-corrected chi connectivity index (χ3v) is 2.62. The molecule has 4 heteroatoms. The first-order chi connectivity index (χ1) is 8.11. The zero-order valence-electron chi connectivity index (χ0n) is 10.1. The van der Waals surface area contributed by atoms with Crippen LogP contribution in [0.15, 0.2) is 24.3 Å². The Labute approximate surface area is 99.7 Å². The summed E-state index contributed by atoms with van der Waals surface area (Å²) in [6.07, 6.45) is 0. The molecule has 0 spiro atoms. The number of benzene rings is 1. The van der Waals surface area contributed by atoms with Crippen molar-refractivity contribution in [1.29, 1.82) is 0 Å². The number of aryl methyl sites for hydroxylation is 1. The predicted octanol–water partition coefficient (Wildman–Crippen LogP) is 2.94. The number of aromatic nitrogens is 2. The van der Waals surface area contributed by atoms with E-state index < -0.39 is 0 Å². The maximum atomic E-state index is 13.5. The van der Waals surface area contributed by atoms with E-state index in [0.717, 1.165) is 17.0 Å². The second-order valence-electron chi connectivity index (χ2n) is 3.88. The van der Waals surface area contributed by atoms with Gasteiger partial charge in [0.25, 0.3) is 0 Å². The van der Waals surface area contributed by atoms with Crippen molar-refractivity contribution in [1.82, 2.24) is 9.97 Å². The van der Waals surface area contributed by atoms with E-state index in [1.165, 1.54) is 6.07 Å². The minimum atomic E-state index is -0.218. The number of hydrogen-bond donors (Lipinski definition) is 1. The largest absolute Gasteiger partial charge is 0.357 e. The summed E-state index contributed by atoms with van der Waals surface area (Å²) >= 11 is 0. The molecule has 0 radical (unpaired) electrons. The average Bonchev–Trinajstić information content (AvgIpc) is 2.31. The van der Waals surface area contributed by atoms with Crippen LogP contribution in [0.25, 0.3) is 11.3 Å². The highest BCUT2D eigenvalue weighted by Crippen LogP contribution is 2.24. The molecule has 17 heavy (non-hydrogen) atoms. The van der Waals surface area contributed by atoms with Crippen LogP contribution < -0.4 is 5.32 Å². The van der Waals surface area contributed by atoms with Gasteiger partial charge in [-0.15, -0.1) is 0 Å². The topological polar surface area (TPSA) is 37.8 Å². The summed E-state index contributed by atoms with van der Waals surface area (Å²) in [5.41, 5.74) is 2.99. The minimum Gasteiger partial charge on any atom is -0.357 e. The monoisotopic (exact) mass is 231 g/mol. The molecule has 3 nitrogen and oxygen atoms in total. The van der Waals surface area contributed by atoms with Crippen LogP contribution in [0.3, 0.4) is 0 Å². The fraction of sp³-hybridized carbons (Fsp3) is 0.231. The molecule has 1 heterocycles. The molecule has 2 rings (SSSR count). The van der Waals surface area contributed by atoms with Gasteiger partial charge in [-0.25, -0.2) is 14.4 Å². The van der Waals surface area contributed by atoms with Gasteiger partial charge in [-0.1, -0.05) is 12.1 Å². The molecule has 1 N–H and O–H groups in total. The molecule has 0 fully saturated rings. The fourth-order valence-corrected chi connectivity index (χ4v) is 1.70. The van der Waals surface area contributed by atoms with Gasteiger partial charge < -0.3 is 5.32 Å². The lowest BCUT2D eigenvalue weighted by molar-refractivity contribution is 0.619. The molecule has 1 aromatic carbocycles. The second kappa shape index (κ2) is 4.49. The van der Waals surface area contributed by atoms with Gasteiger partial charge in [-0.3, -0.25) is 0 Å². The number of rotatable bonds is 2. The standard InChI is InChI=1S/C13H14FN3/c1-8-7-12(17-13(15-3)16-8)10-5-4-6-11(14)9(10)2/h4-7H,1-3H3,(H,15,16,17). The smallest absolute Gasteiger partial charge is 0.223 e. The summed E-state index contributed by atoms with van der Waals surface area (Å²) in [6, 6.07) is 6.85. The Morgan fingerprint density at radius 2 is 1.94 bits per heavy atom. The van der Waals surface area contributed by atoms with E-state index in [1.807, 2.05) is 19.1 Å². The Hall–Kier alpha value is -1.97. The van der Waals surface area contributed by atoms with Gasteiger partial charge in [0.15, 0.2) is 0 Å². The molecule has 0 amide bonds. The van der Waals surface area contributed by atoms with Gasteiger partial charge in [-0.05, 0) is 31.5 Å². The SMILES string of the molecule is CNc1nc(C)cc(-c2cccc(F)c2C)n1. The summed E-state index contributed by atoms with van der Waals surface area (Å²) < 4.78 is 13.5. The zero-order chi connectivity index (χ0) is 12.4. The van der Waals surface area contributed by atoms with Crippen molar-refractivity contribution >= 4 is 5.95 Å². The van der Waals surface area contributed by atoms with E-state index in [9.17, 15) is 4.39 Å². The third kappa shape index (κ3) is 2.25. The normalized spacial score (nSPS) is 10.4. The van der Waals surface area contributed by atoms with Crippen molar-refractivity contribution in [3.8, 4) is 11.3 Å². The lowest BCUT2D eigenvalue weighted by Gasteiger charge is -2.08. The number of anilines is 1. The molecule has 0 aliphatic carbocycles. The van der Waals surface area contributed by atoms with Gasteiger partial charge in [0.1, 0.15) is 5.82 Å². The van der Waals surface area contributed by atoms with Crippen molar-refractivity contribution in [3.63, 3.8) is 0 Å². The van der Waals surface area contributed by atoms with Crippen LogP contribution in [-0.4, -0.2) is 17.0 Å². The van der Waals surface area contributed by atoms with E-state index in [0.29, 0.717) is 11.5 Å². The van der Waals surface area contributed by atoms with Crippen molar-refractivity contribution in [2.75, 3.05) is 12.4 Å². The van der Waals surface area contributed by atoms with Gasteiger partial charge in [0.05, 0.1) is 5.69 Å². The summed E-state index contributed by atoms with van der Waals surface area (Å²) in [5, 5.41) is 2.90. The summed E-state index contributed by atoms with van der Waals surface area (Å²) in [7, 11) is 1.76. The Balaban J connectivity index is 2.60. The molecule has 0 saturated heterocycles. The van der Waals surface area contributed by atoms with Crippen LogP contribution in [0.4, 0.5) is 10.3 Å². The van der Waals surface area contributed by atoms with Gasteiger partial charge in [-0.2, -0.15) is 0 Å². The van der Waals surface area contributed by atoms with Crippen LogP contribution >= 0.6 is 0 Å². The van der Waals surface area contributed by atoms with E-state index in [4.69, 9.17) is 0 Å². The minimum absolute atomic E-state index is 0.218. The van der Waals surface area contributed by atoms with E-state index in [-0.39, 0.29) is 5.82 Å². The van der Waals surface area contributed by atoms with Crippen LogP contribution in [0.5, 0.6) is 0 Å². The van der Waals surface area contributed by atoms with Crippen LogP contribution in [-0.2, 0) is 0 Å². The van der Waals surface area contributed by atoms with Crippen molar-refractivity contribution in [2.24, 2.45) is 0 Å². The van der Waals surface area contributed by atoms with Gasteiger partial charge in [0.2, 0.25) is 5.95 Å². The molecule has 0 atom stereocenters. The van der Waals surface area contributed by atoms with Gasteiger partial charge in [0, 0.05) is 18.3 Å². The van der Waals surface area contributed by atoms with E-state index in [1.54, 1.807) is 20.0 Å². The van der Waals surface area contributed by atoms with E-state index >= 15 is 0 Å². The lowest BCUT2D eigenvalue weighted by atomic mass is 10.0. The van der Waals surface area contributed by atoms with Crippen LogP contribution in [0, 0.1) is 19.7 Å². The number of nitrogens with zero attached hydrogens (tertiary/aromatic N) is 2. The first-order valence-electron chi connectivity index (χ1n) is 5.40. The summed E-state index contributed by atoms with van der Waals surface area (Å²) in [4.78, 5) is 8.55. The Kier molecular flexibility index (Phi) is 3.04. The molecule has 0 unspecified atom stereocenters. The molecular formula is C13H14FN3. The third-order valence-electron chi connectivity index (χ3n) is 2.62. The average molecular weight is 231 g/mol. The molecule has 2 aromatic rings. The predicted molar refractivity (Wildman–Crippen MR) is 66.4 cm³/mol. The molecule has 1 aromatic heterocycles. The second-order valence-corrected chi connectivity index (χ2v) is 3.88. The number of halogens is 1. The Morgan fingerprint density at radius 3 is 2.65 bits per heavy atom. The highest BCUT2D eigenvalue weighted by molar-refractivity contribution is 5.64. The van der Waals surface area contributed by atoms with Crippen molar-refractivity contribution in [3.05, 3.63) is 41.3 Å². The van der Waals surface area contributed by atoms with Crippen LogP contribution in [0.1, 0.15) is 11.3 Å². The zero-order valence-corrected chi connectivity index (χ0v) is 10.1. The Bertz CT molecular complexity index is 552. The lowest BCUT2D eigenvalue weighted by Crippen LogP contribution is -2.00. The first-order valence-corrected chi connectivity index (χ1v) is 5.40. The fourth-order valence-electron chi connectivity index (χ4n) is 1.70. The van der Waals surface area contributed by atoms with Crippen molar-refractivity contribution in [2.45, 2.75) is 13.8 Å². The highest BCUT2D eigenvalue weighted by atomic mass is 19.1. The maximum Gasteiger partial charge on any atom is 0.223 e.